The fourth-order valence-electron chi connectivity index (χ4n) is 3.95. The van der Waals surface area contributed by atoms with Crippen molar-refractivity contribution in [3.8, 4) is 0 Å². The van der Waals surface area contributed by atoms with Gasteiger partial charge in [-0.15, -0.1) is 0 Å². The molecule has 33 heavy (non-hydrogen) atoms. The van der Waals surface area contributed by atoms with Gasteiger partial charge in [-0.25, -0.2) is 0 Å². The van der Waals surface area contributed by atoms with Gasteiger partial charge in [0.1, 0.15) is 0 Å². The van der Waals surface area contributed by atoms with Crippen LogP contribution < -0.4 is 10.6 Å². The number of imide groups is 1. The first-order valence-electron chi connectivity index (χ1n) is 11.5. The van der Waals surface area contributed by atoms with E-state index in [0.29, 0.717) is 85.3 Å². The molecule has 1 fully saturated rings. The molecule has 3 rings (SSSR count). The third-order valence-electron chi connectivity index (χ3n) is 5.57. The summed E-state index contributed by atoms with van der Waals surface area (Å²) in [6.45, 7) is 5.96. The Labute approximate surface area is 194 Å². The molecule has 1 unspecified atom stereocenters. The van der Waals surface area contributed by atoms with E-state index < -0.39 is 0 Å². The standard InChI is InChI=1S/C23H35N3O7/c27-7-9-31-11-13-33-15-14-32-12-10-30-8-6-24-20-3-1-2-18-16-26(17-19(18)20)21-4-5-22(28)25-23(21)29/h1-3,21,24,27H,4-17H2,(H,25,28,29). The Kier molecular flexibility index (Phi) is 11.0. The zero-order valence-electron chi connectivity index (χ0n) is 19.1. The normalized spacial score (nSPS) is 18.4. The number of aliphatic hydroxyl groups is 1. The van der Waals surface area contributed by atoms with E-state index in [-0.39, 0.29) is 24.5 Å². The van der Waals surface area contributed by atoms with E-state index in [1.807, 2.05) is 12.1 Å². The van der Waals surface area contributed by atoms with Gasteiger partial charge in [-0.05, 0) is 23.6 Å². The van der Waals surface area contributed by atoms with Crippen LogP contribution in [0.5, 0.6) is 0 Å². The minimum absolute atomic E-state index is 0.0232. The van der Waals surface area contributed by atoms with E-state index in [9.17, 15) is 9.59 Å². The van der Waals surface area contributed by atoms with Crippen LogP contribution in [0, 0.1) is 0 Å². The summed E-state index contributed by atoms with van der Waals surface area (Å²) in [6, 6.07) is 5.90. The fourth-order valence-corrected chi connectivity index (χ4v) is 3.95. The molecule has 2 aliphatic rings. The first-order valence-corrected chi connectivity index (χ1v) is 11.5. The summed E-state index contributed by atoms with van der Waals surface area (Å²) in [6.07, 6.45) is 0.964. The number of piperidine rings is 1. The van der Waals surface area contributed by atoms with E-state index in [4.69, 9.17) is 24.1 Å². The fraction of sp³-hybridized carbons (Fsp3) is 0.652. The van der Waals surface area contributed by atoms with Gasteiger partial charge in [0, 0.05) is 31.7 Å². The molecule has 10 heteroatoms. The maximum Gasteiger partial charge on any atom is 0.243 e. The van der Waals surface area contributed by atoms with Crippen molar-refractivity contribution in [2.24, 2.45) is 0 Å². The zero-order chi connectivity index (χ0) is 23.3. The molecule has 10 nitrogen and oxygen atoms in total. The van der Waals surface area contributed by atoms with Crippen LogP contribution in [-0.2, 0) is 41.6 Å². The average Bonchev–Trinajstić information content (AvgIpc) is 3.24. The molecule has 1 aromatic carbocycles. The molecule has 0 bridgehead atoms. The smallest absolute Gasteiger partial charge is 0.243 e. The number of anilines is 1. The minimum atomic E-state index is -0.253. The lowest BCUT2D eigenvalue weighted by Crippen LogP contribution is -2.50. The minimum Gasteiger partial charge on any atom is -0.394 e. The van der Waals surface area contributed by atoms with Gasteiger partial charge in [-0.3, -0.25) is 19.8 Å². The predicted molar refractivity (Wildman–Crippen MR) is 121 cm³/mol. The largest absolute Gasteiger partial charge is 0.394 e. The van der Waals surface area contributed by atoms with Crippen LogP contribution in [0.3, 0.4) is 0 Å². The van der Waals surface area contributed by atoms with Gasteiger partial charge in [0.05, 0.1) is 65.5 Å². The Morgan fingerprint density at radius 3 is 2.27 bits per heavy atom. The first-order chi connectivity index (χ1) is 16.2. The lowest BCUT2D eigenvalue weighted by atomic mass is 10.0. The Morgan fingerprint density at radius 1 is 0.939 bits per heavy atom. The molecule has 0 radical (unpaired) electrons. The maximum atomic E-state index is 12.2. The second-order valence-corrected chi connectivity index (χ2v) is 7.92. The molecule has 3 N–H and O–H groups in total. The van der Waals surface area contributed by atoms with Crippen molar-refractivity contribution in [3.63, 3.8) is 0 Å². The van der Waals surface area contributed by atoms with Crippen LogP contribution in [0.4, 0.5) is 5.69 Å². The zero-order valence-corrected chi connectivity index (χ0v) is 19.1. The molecule has 2 heterocycles. The van der Waals surface area contributed by atoms with Gasteiger partial charge in [0.25, 0.3) is 0 Å². The van der Waals surface area contributed by atoms with E-state index in [2.05, 4.69) is 21.6 Å². The lowest BCUT2D eigenvalue weighted by molar-refractivity contribution is -0.137. The van der Waals surface area contributed by atoms with Crippen LogP contribution in [0.1, 0.15) is 24.0 Å². The van der Waals surface area contributed by atoms with Crippen molar-refractivity contribution in [2.75, 3.05) is 71.3 Å². The summed E-state index contributed by atoms with van der Waals surface area (Å²) in [4.78, 5) is 25.8. The van der Waals surface area contributed by atoms with Crippen LogP contribution >= 0.6 is 0 Å². The molecule has 0 aliphatic carbocycles. The van der Waals surface area contributed by atoms with Gasteiger partial charge in [-0.2, -0.15) is 0 Å². The van der Waals surface area contributed by atoms with Crippen LogP contribution in [0.25, 0.3) is 0 Å². The molecular formula is C23H35N3O7. The van der Waals surface area contributed by atoms with Crippen molar-refractivity contribution < 1.29 is 33.6 Å². The number of nitrogens with one attached hydrogen (secondary N) is 2. The number of rotatable bonds is 16. The second kappa shape index (κ2) is 14.2. The number of amides is 2. The third kappa shape index (κ3) is 8.33. The second-order valence-electron chi connectivity index (χ2n) is 7.92. The highest BCUT2D eigenvalue weighted by molar-refractivity contribution is 6.00. The highest BCUT2D eigenvalue weighted by Gasteiger charge is 2.35. The quantitative estimate of drug-likeness (QED) is 0.234. The van der Waals surface area contributed by atoms with Crippen LogP contribution in [0.15, 0.2) is 18.2 Å². The molecule has 1 aromatic rings. The number of hydrogen-bond donors (Lipinski definition) is 3. The molecule has 0 spiro atoms. The summed E-state index contributed by atoms with van der Waals surface area (Å²) in [5.41, 5.74) is 3.47. The molecular weight excluding hydrogens is 430 g/mol. The van der Waals surface area contributed by atoms with Crippen molar-refractivity contribution >= 4 is 17.5 Å². The summed E-state index contributed by atoms with van der Waals surface area (Å²) < 4.78 is 21.5. The van der Waals surface area contributed by atoms with E-state index in [0.717, 1.165) is 5.69 Å². The topological polar surface area (TPSA) is 119 Å². The number of nitrogens with zero attached hydrogens (tertiary/aromatic N) is 1. The number of carbonyl (C=O) groups excluding carboxylic acids is 2. The Bertz CT molecular complexity index is 762. The molecule has 0 saturated carbocycles. The third-order valence-corrected chi connectivity index (χ3v) is 5.57. The molecule has 1 saturated heterocycles. The summed E-state index contributed by atoms with van der Waals surface area (Å²) in [5, 5.41) is 14.5. The summed E-state index contributed by atoms with van der Waals surface area (Å²) >= 11 is 0. The number of ether oxygens (including phenoxy) is 4. The van der Waals surface area contributed by atoms with E-state index in [1.54, 1.807) is 0 Å². The Morgan fingerprint density at radius 2 is 1.61 bits per heavy atom. The van der Waals surface area contributed by atoms with Crippen LogP contribution in [-0.4, -0.2) is 93.9 Å². The van der Waals surface area contributed by atoms with Gasteiger partial charge in [0.2, 0.25) is 11.8 Å². The number of carbonyl (C=O) groups is 2. The first kappa shape index (κ1) is 25.5. The Hall–Kier alpha value is -2.08. The predicted octanol–water partition coefficient (Wildman–Crippen LogP) is 0.278. The summed E-state index contributed by atoms with van der Waals surface area (Å²) in [5.74, 6) is -0.378. The van der Waals surface area contributed by atoms with Crippen LogP contribution in [0.2, 0.25) is 0 Å². The number of benzene rings is 1. The highest BCUT2D eigenvalue weighted by atomic mass is 16.6. The van der Waals surface area contributed by atoms with Gasteiger partial charge >= 0.3 is 0 Å². The van der Waals surface area contributed by atoms with Gasteiger partial charge in [0.15, 0.2) is 0 Å². The molecule has 2 amide bonds. The highest BCUT2D eigenvalue weighted by Crippen LogP contribution is 2.32. The number of aliphatic hydroxyl groups excluding tert-OH is 1. The molecule has 0 aromatic heterocycles. The van der Waals surface area contributed by atoms with Crippen molar-refractivity contribution in [2.45, 2.75) is 32.0 Å². The van der Waals surface area contributed by atoms with Crippen molar-refractivity contribution in [1.82, 2.24) is 10.2 Å². The molecule has 1 atom stereocenters. The maximum absolute atomic E-state index is 12.2. The van der Waals surface area contributed by atoms with Crippen molar-refractivity contribution in [1.29, 1.82) is 0 Å². The van der Waals surface area contributed by atoms with Crippen molar-refractivity contribution in [3.05, 3.63) is 29.3 Å². The number of fused-ring (bicyclic) bond motifs is 1. The SMILES string of the molecule is O=C1CCC(N2Cc3cccc(NCCOCCOCCOCCOCCO)c3C2)C(=O)N1. The van der Waals surface area contributed by atoms with Gasteiger partial charge < -0.3 is 29.4 Å². The van der Waals surface area contributed by atoms with E-state index >= 15 is 0 Å². The monoisotopic (exact) mass is 465 g/mol. The Balaban J connectivity index is 1.25. The van der Waals surface area contributed by atoms with E-state index in [1.165, 1.54) is 11.1 Å². The summed E-state index contributed by atoms with van der Waals surface area (Å²) in [7, 11) is 0. The number of hydrogen-bond acceptors (Lipinski definition) is 9. The average molecular weight is 466 g/mol. The molecule has 184 valence electrons. The lowest BCUT2D eigenvalue weighted by Gasteiger charge is -2.29. The molecule has 2 aliphatic heterocycles. The van der Waals surface area contributed by atoms with Gasteiger partial charge in [-0.1, -0.05) is 12.1 Å².